The quantitative estimate of drug-likeness (QED) is 0.592. The van der Waals surface area contributed by atoms with Crippen molar-refractivity contribution < 1.29 is 4.79 Å². The zero-order valence-corrected chi connectivity index (χ0v) is 15.6. The molecule has 0 saturated carbocycles. The van der Waals surface area contributed by atoms with Gasteiger partial charge in [0.25, 0.3) is 0 Å². The lowest BCUT2D eigenvalue weighted by molar-refractivity contribution is -0.122. The first-order valence-corrected chi connectivity index (χ1v) is 9.33. The highest BCUT2D eigenvalue weighted by Gasteiger charge is 2.29. The van der Waals surface area contributed by atoms with Crippen molar-refractivity contribution in [3.8, 4) is 0 Å². The minimum absolute atomic E-state index is 0.00840. The van der Waals surface area contributed by atoms with Gasteiger partial charge in [0, 0.05) is 29.7 Å². The Morgan fingerprint density at radius 3 is 2.88 bits per heavy atom. The summed E-state index contributed by atoms with van der Waals surface area (Å²) in [6.07, 6.45) is 3.27. The van der Waals surface area contributed by atoms with Gasteiger partial charge in [-0.1, -0.05) is 34.1 Å². The average Bonchev–Trinajstić information content (AvgIpc) is 3.30. The van der Waals surface area contributed by atoms with Gasteiger partial charge in [-0.25, -0.2) is 10.9 Å². The van der Waals surface area contributed by atoms with E-state index in [0.717, 1.165) is 21.5 Å². The Morgan fingerprint density at radius 1 is 1.19 bits per heavy atom. The molecule has 3 N–H and O–H groups in total. The first kappa shape index (κ1) is 17.1. The highest BCUT2D eigenvalue weighted by molar-refractivity contribution is 9.10. The van der Waals surface area contributed by atoms with Crippen molar-refractivity contribution in [2.75, 3.05) is 6.54 Å². The van der Waals surface area contributed by atoms with Gasteiger partial charge in [0.15, 0.2) is 5.65 Å². The van der Waals surface area contributed by atoms with E-state index in [1.165, 1.54) is 0 Å². The van der Waals surface area contributed by atoms with Gasteiger partial charge in [0.1, 0.15) is 11.9 Å². The van der Waals surface area contributed by atoms with Crippen LogP contribution >= 0.6 is 15.9 Å². The molecule has 2 atom stereocenters. The van der Waals surface area contributed by atoms with Crippen LogP contribution in [0.15, 0.2) is 53.1 Å². The maximum absolute atomic E-state index is 12.4. The van der Waals surface area contributed by atoms with E-state index >= 15 is 0 Å². The summed E-state index contributed by atoms with van der Waals surface area (Å²) in [5, 5.41) is 11.3. The minimum atomic E-state index is -0.251. The summed E-state index contributed by atoms with van der Waals surface area (Å²) in [5.74, 6) is 0.831. The van der Waals surface area contributed by atoms with Gasteiger partial charge >= 0.3 is 0 Å². The van der Waals surface area contributed by atoms with Crippen LogP contribution in [0, 0.1) is 0 Å². The molecule has 26 heavy (non-hydrogen) atoms. The number of amides is 1. The summed E-state index contributed by atoms with van der Waals surface area (Å²) in [7, 11) is 0. The molecule has 1 aromatic carbocycles. The molecule has 0 spiro atoms. The van der Waals surface area contributed by atoms with Gasteiger partial charge in [0.2, 0.25) is 5.91 Å². The number of nitrogens with one attached hydrogen (secondary N) is 3. The zero-order chi connectivity index (χ0) is 17.9. The van der Waals surface area contributed by atoms with Crippen LogP contribution in [0.5, 0.6) is 0 Å². The number of aromatic nitrogens is 3. The number of halogens is 1. The summed E-state index contributed by atoms with van der Waals surface area (Å²) in [6.45, 7) is 0.523. The molecule has 1 aliphatic rings. The van der Waals surface area contributed by atoms with Crippen molar-refractivity contribution in [3.63, 3.8) is 0 Å². The van der Waals surface area contributed by atoms with Crippen LogP contribution in [0.2, 0.25) is 0 Å². The summed E-state index contributed by atoms with van der Waals surface area (Å²) < 4.78 is 2.98. The molecule has 2 unspecified atom stereocenters. The third-order valence-electron chi connectivity index (χ3n) is 4.52. The van der Waals surface area contributed by atoms with Gasteiger partial charge in [-0.05, 0) is 36.2 Å². The van der Waals surface area contributed by atoms with Gasteiger partial charge in [0.05, 0.1) is 0 Å². The molecule has 1 saturated heterocycles. The van der Waals surface area contributed by atoms with Crippen LogP contribution in [-0.4, -0.2) is 33.1 Å². The minimum Gasteiger partial charge on any atom is -0.354 e. The Hall–Kier alpha value is -2.29. The van der Waals surface area contributed by atoms with Crippen molar-refractivity contribution in [2.24, 2.45) is 0 Å². The van der Waals surface area contributed by atoms with E-state index in [-0.39, 0.29) is 18.0 Å². The topological polar surface area (TPSA) is 83.4 Å². The number of pyridine rings is 1. The standard InChI is InChI=1S/C18H19BrN6O/c19-13-6-4-12(5-7-13)14-11-15(22-21-14)18(26)20-9-8-17-24-23-16-3-1-2-10-25(16)17/h1-7,10,14-15,21-22H,8-9,11H2,(H,20,26). The lowest BCUT2D eigenvalue weighted by Crippen LogP contribution is -2.43. The Labute approximate surface area is 159 Å². The Morgan fingerprint density at radius 2 is 2.04 bits per heavy atom. The largest absolute Gasteiger partial charge is 0.354 e. The predicted octanol–water partition coefficient (Wildman–Crippen LogP) is 1.76. The molecule has 8 heteroatoms. The van der Waals surface area contributed by atoms with Gasteiger partial charge < -0.3 is 5.32 Å². The maximum Gasteiger partial charge on any atom is 0.238 e. The summed E-state index contributed by atoms with van der Waals surface area (Å²) >= 11 is 3.44. The van der Waals surface area contributed by atoms with E-state index in [2.05, 4.69) is 54.4 Å². The van der Waals surface area contributed by atoms with Gasteiger partial charge in [-0.2, -0.15) is 0 Å². The fourth-order valence-electron chi connectivity index (χ4n) is 3.12. The van der Waals surface area contributed by atoms with Crippen LogP contribution in [0.1, 0.15) is 23.9 Å². The number of carbonyl (C=O) groups excluding carboxylic acids is 1. The fourth-order valence-corrected chi connectivity index (χ4v) is 3.39. The molecule has 4 rings (SSSR count). The maximum atomic E-state index is 12.4. The lowest BCUT2D eigenvalue weighted by Gasteiger charge is -2.10. The van der Waals surface area contributed by atoms with E-state index in [0.29, 0.717) is 19.4 Å². The second kappa shape index (κ2) is 7.53. The number of hydrogen-bond acceptors (Lipinski definition) is 5. The Kier molecular flexibility index (Phi) is 4.96. The van der Waals surface area contributed by atoms with Crippen molar-refractivity contribution in [3.05, 3.63) is 64.5 Å². The number of hydrazine groups is 1. The van der Waals surface area contributed by atoms with E-state index in [4.69, 9.17) is 0 Å². The number of fused-ring (bicyclic) bond motifs is 1. The van der Waals surface area contributed by atoms with Gasteiger partial charge in [-0.3, -0.25) is 9.20 Å². The molecular formula is C18H19BrN6O. The molecule has 1 aliphatic heterocycles. The number of nitrogens with zero attached hydrogens (tertiary/aromatic N) is 3. The van der Waals surface area contributed by atoms with Crippen molar-refractivity contribution in [1.82, 2.24) is 30.8 Å². The van der Waals surface area contributed by atoms with Crippen molar-refractivity contribution in [2.45, 2.75) is 24.9 Å². The SMILES string of the molecule is O=C(NCCc1nnc2ccccn12)C1CC(c2ccc(Br)cc2)NN1. The van der Waals surface area contributed by atoms with Crippen molar-refractivity contribution in [1.29, 1.82) is 0 Å². The predicted molar refractivity (Wildman–Crippen MR) is 101 cm³/mol. The van der Waals surface area contributed by atoms with Crippen LogP contribution < -0.4 is 16.2 Å². The molecule has 3 heterocycles. The number of rotatable bonds is 5. The summed E-state index contributed by atoms with van der Waals surface area (Å²) in [4.78, 5) is 12.4. The van der Waals surface area contributed by atoms with Crippen LogP contribution in [0.25, 0.3) is 5.65 Å². The average molecular weight is 415 g/mol. The van der Waals surface area contributed by atoms with E-state index in [1.54, 1.807) is 0 Å². The monoisotopic (exact) mass is 414 g/mol. The van der Waals surface area contributed by atoms with Crippen LogP contribution in [0.4, 0.5) is 0 Å². The Bertz CT molecular complexity index is 909. The fraction of sp³-hybridized carbons (Fsp3) is 0.278. The van der Waals surface area contributed by atoms with Crippen LogP contribution in [-0.2, 0) is 11.2 Å². The van der Waals surface area contributed by atoms with E-state index < -0.39 is 0 Å². The van der Waals surface area contributed by atoms with Gasteiger partial charge in [-0.15, -0.1) is 10.2 Å². The molecule has 2 aromatic heterocycles. The third-order valence-corrected chi connectivity index (χ3v) is 5.05. The van der Waals surface area contributed by atoms with E-state index in [1.807, 2.05) is 40.9 Å². The Balaban J connectivity index is 1.29. The molecule has 0 aliphatic carbocycles. The third kappa shape index (κ3) is 3.62. The molecule has 3 aromatic rings. The van der Waals surface area contributed by atoms with Crippen LogP contribution in [0.3, 0.4) is 0 Å². The second-order valence-corrected chi connectivity index (χ2v) is 7.18. The van der Waals surface area contributed by atoms with Crippen molar-refractivity contribution >= 4 is 27.5 Å². The first-order chi connectivity index (χ1) is 12.7. The zero-order valence-electron chi connectivity index (χ0n) is 14.0. The molecule has 0 bridgehead atoms. The summed E-state index contributed by atoms with van der Waals surface area (Å²) in [6, 6.07) is 13.8. The normalized spacial score (nSPS) is 19.7. The highest BCUT2D eigenvalue weighted by atomic mass is 79.9. The molecule has 134 valence electrons. The summed E-state index contributed by atoms with van der Waals surface area (Å²) in [5.41, 5.74) is 8.26. The molecule has 7 nitrogen and oxygen atoms in total. The number of benzene rings is 1. The first-order valence-electron chi connectivity index (χ1n) is 8.53. The smallest absolute Gasteiger partial charge is 0.238 e. The number of hydrogen-bond donors (Lipinski definition) is 3. The molecule has 0 radical (unpaired) electrons. The molecule has 1 amide bonds. The number of carbonyl (C=O) groups is 1. The molecule has 1 fully saturated rings. The highest BCUT2D eigenvalue weighted by Crippen LogP contribution is 2.23. The second-order valence-electron chi connectivity index (χ2n) is 6.27. The van der Waals surface area contributed by atoms with E-state index in [9.17, 15) is 4.79 Å². The lowest BCUT2D eigenvalue weighted by atomic mass is 10.0. The molecular weight excluding hydrogens is 396 g/mol.